The van der Waals surface area contributed by atoms with Gasteiger partial charge in [0.05, 0.1) is 5.56 Å². The molecule has 0 radical (unpaired) electrons. The second-order valence-corrected chi connectivity index (χ2v) is 3.56. The summed E-state index contributed by atoms with van der Waals surface area (Å²) in [6, 6.07) is 4.61. The second kappa shape index (κ2) is 4.79. The molecule has 0 aromatic heterocycles. The van der Waals surface area contributed by atoms with Crippen LogP contribution in [0.2, 0.25) is 0 Å². The molecule has 1 aromatic rings. The molecule has 0 aliphatic carbocycles. The molecule has 0 bridgehead atoms. The molecule has 0 fully saturated rings. The minimum absolute atomic E-state index is 0.205. The molecule has 0 amide bonds. The summed E-state index contributed by atoms with van der Waals surface area (Å²) in [5.41, 5.74) is 6.08. The van der Waals surface area contributed by atoms with Crippen molar-refractivity contribution in [2.24, 2.45) is 0 Å². The molecule has 0 aliphatic rings. The topological polar surface area (TPSA) is 89.6 Å². The van der Waals surface area contributed by atoms with E-state index < -0.39 is 18.5 Å². The molecule has 0 saturated carbocycles. The van der Waals surface area contributed by atoms with Crippen LogP contribution < -0.4 is 5.73 Å². The number of ether oxygens (including phenoxy) is 1. The molecule has 6 heteroatoms. The molecule has 0 atom stereocenters. The van der Waals surface area contributed by atoms with Crippen molar-refractivity contribution in [1.82, 2.24) is 0 Å². The van der Waals surface area contributed by atoms with Crippen LogP contribution in [0.15, 0.2) is 22.7 Å². The summed E-state index contributed by atoms with van der Waals surface area (Å²) in [4.78, 5) is 21.5. The lowest BCUT2D eigenvalue weighted by molar-refractivity contribution is -0.140. The number of aliphatic carboxylic acids is 1. The van der Waals surface area contributed by atoms with Gasteiger partial charge in [-0.15, -0.1) is 0 Å². The van der Waals surface area contributed by atoms with Gasteiger partial charge in [0.2, 0.25) is 0 Å². The Morgan fingerprint density at radius 2 is 2.13 bits per heavy atom. The zero-order valence-corrected chi connectivity index (χ0v) is 9.15. The first-order chi connectivity index (χ1) is 7.00. The molecule has 0 spiro atoms. The third-order valence-electron chi connectivity index (χ3n) is 1.54. The van der Waals surface area contributed by atoms with Crippen LogP contribution >= 0.6 is 15.9 Å². The highest BCUT2D eigenvalue weighted by molar-refractivity contribution is 9.10. The monoisotopic (exact) mass is 273 g/mol. The quantitative estimate of drug-likeness (QED) is 0.640. The molecule has 15 heavy (non-hydrogen) atoms. The average Bonchev–Trinajstić information content (AvgIpc) is 2.18. The fourth-order valence-electron chi connectivity index (χ4n) is 0.904. The van der Waals surface area contributed by atoms with Gasteiger partial charge in [-0.1, -0.05) is 0 Å². The first-order valence-corrected chi connectivity index (χ1v) is 4.74. The van der Waals surface area contributed by atoms with Gasteiger partial charge in [0.15, 0.2) is 6.61 Å². The number of esters is 1. The Labute approximate surface area is 94.0 Å². The Balaban J connectivity index is 2.81. The van der Waals surface area contributed by atoms with E-state index in [1.165, 1.54) is 6.07 Å². The third-order valence-corrected chi connectivity index (χ3v) is 2.23. The maximum Gasteiger partial charge on any atom is 0.341 e. The first kappa shape index (κ1) is 11.5. The standard InChI is InChI=1S/C9H8BrNO4/c10-7-2-1-5(11)3-6(7)9(14)15-4-8(12)13/h1-3H,4,11H2,(H,12,13). The number of halogens is 1. The fourth-order valence-corrected chi connectivity index (χ4v) is 1.31. The van der Waals surface area contributed by atoms with Gasteiger partial charge < -0.3 is 15.6 Å². The molecule has 0 heterocycles. The summed E-state index contributed by atoms with van der Waals surface area (Å²) in [6.07, 6.45) is 0. The van der Waals surface area contributed by atoms with Gasteiger partial charge in [0, 0.05) is 10.2 Å². The van der Waals surface area contributed by atoms with E-state index in [2.05, 4.69) is 20.7 Å². The van der Waals surface area contributed by atoms with Crippen molar-refractivity contribution >= 4 is 33.6 Å². The number of anilines is 1. The summed E-state index contributed by atoms with van der Waals surface area (Å²) in [7, 11) is 0. The molecule has 0 aliphatic heterocycles. The fraction of sp³-hybridized carbons (Fsp3) is 0.111. The van der Waals surface area contributed by atoms with Gasteiger partial charge in [-0.3, -0.25) is 0 Å². The number of benzene rings is 1. The van der Waals surface area contributed by atoms with Gasteiger partial charge in [0.25, 0.3) is 0 Å². The lowest BCUT2D eigenvalue weighted by Crippen LogP contribution is -2.13. The molecule has 80 valence electrons. The number of hydrogen-bond donors (Lipinski definition) is 2. The van der Waals surface area contributed by atoms with Crippen molar-refractivity contribution in [3.8, 4) is 0 Å². The minimum Gasteiger partial charge on any atom is -0.479 e. The molecule has 5 nitrogen and oxygen atoms in total. The van der Waals surface area contributed by atoms with Crippen LogP contribution in [0, 0.1) is 0 Å². The summed E-state index contributed by atoms with van der Waals surface area (Å²) < 4.78 is 5.01. The van der Waals surface area contributed by atoms with Crippen LogP contribution in [0.25, 0.3) is 0 Å². The Bertz CT molecular complexity index is 405. The van der Waals surface area contributed by atoms with E-state index in [1.54, 1.807) is 12.1 Å². The predicted octanol–water partition coefficient (Wildman–Crippen LogP) is 1.27. The highest BCUT2D eigenvalue weighted by Gasteiger charge is 2.13. The number of rotatable bonds is 3. The largest absolute Gasteiger partial charge is 0.479 e. The first-order valence-electron chi connectivity index (χ1n) is 3.94. The molecule has 1 aromatic carbocycles. The van der Waals surface area contributed by atoms with Crippen LogP contribution in [0.4, 0.5) is 5.69 Å². The Morgan fingerprint density at radius 1 is 1.47 bits per heavy atom. The lowest BCUT2D eigenvalue weighted by atomic mass is 10.2. The normalized spacial score (nSPS) is 9.67. The van der Waals surface area contributed by atoms with E-state index >= 15 is 0 Å². The smallest absolute Gasteiger partial charge is 0.341 e. The number of nitrogens with two attached hydrogens (primary N) is 1. The summed E-state index contributed by atoms with van der Waals surface area (Å²) >= 11 is 3.13. The van der Waals surface area contributed by atoms with Crippen LogP contribution in [0.5, 0.6) is 0 Å². The van der Waals surface area contributed by atoms with E-state index in [0.29, 0.717) is 10.2 Å². The maximum atomic E-state index is 11.4. The number of carbonyl (C=O) groups excluding carboxylic acids is 1. The number of nitrogen functional groups attached to an aromatic ring is 1. The number of carboxylic acid groups (broad SMARTS) is 1. The Morgan fingerprint density at radius 3 is 2.73 bits per heavy atom. The third kappa shape index (κ3) is 3.25. The van der Waals surface area contributed by atoms with E-state index in [4.69, 9.17) is 10.8 Å². The summed E-state index contributed by atoms with van der Waals surface area (Å²) in [6.45, 7) is -0.667. The van der Waals surface area contributed by atoms with Crippen molar-refractivity contribution in [1.29, 1.82) is 0 Å². The van der Waals surface area contributed by atoms with E-state index in [-0.39, 0.29) is 5.56 Å². The van der Waals surface area contributed by atoms with E-state index in [1.807, 2.05) is 0 Å². The van der Waals surface area contributed by atoms with Crippen LogP contribution in [0.1, 0.15) is 10.4 Å². The zero-order valence-electron chi connectivity index (χ0n) is 7.57. The zero-order chi connectivity index (χ0) is 11.4. The van der Waals surface area contributed by atoms with Crippen LogP contribution in [-0.2, 0) is 9.53 Å². The van der Waals surface area contributed by atoms with Crippen molar-refractivity contribution in [2.75, 3.05) is 12.3 Å². The van der Waals surface area contributed by atoms with Crippen molar-refractivity contribution in [3.63, 3.8) is 0 Å². The SMILES string of the molecule is Nc1ccc(Br)c(C(=O)OCC(=O)O)c1. The van der Waals surface area contributed by atoms with Gasteiger partial charge in [-0.05, 0) is 34.1 Å². The molecule has 3 N–H and O–H groups in total. The molecule has 0 unspecified atom stereocenters. The van der Waals surface area contributed by atoms with Gasteiger partial charge >= 0.3 is 11.9 Å². The highest BCUT2D eigenvalue weighted by atomic mass is 79.9. The Hall–Kier alpha value is -1.56. The van der Waals surface area contributed by atoms with Crippen molar-refractivity contribution < 1.29 is 19.4 Å². The molecule has 1 rings (SSSR count). The number of carbonyl (C=O) groups is 2. The van der Waals surface area contributed by atoms with Crippen LogP contribution in [-0.4, -0.2) is 23.7 Å². The van der Waals surface area contributed by atoms with Crippen molar-refractivity contribution in [2.45, 2.75) is 0 Å². The predicted molar refractivity (Wildman–Crippen MR) is 56.5 cm³/mol. The van der Waals surface area contributed by atoms with Gasteiger partial charge in [-0.25, -0.2) is 9.59 Å². The van der Waals surface area contributed by atoms with E-state index in [0.717, 1.165) is 0 Å². The summed E-state index contributed by atoms with van der Waals surface area (Å²) in [5.74, 6) is -1.93. The molecular weight excluding hydrogens is 266 g/mol. The lowest BCUT2D eigenvalue weighted by Gasteiger charge is -2.04. The molecular formula is C9H8BrNO4. The number of carboxylic acids is 1. The van der Waals surface area contributed by atoms with Gasteiger partial charge in [-0.2, -0.15) is 0 Å². The maximum absolute atomic E-state index is 11.4. The van der Waals surface area contributed by atoms with Gasteiger partial charge in [0.1, 0.15) is 0 Å². The summed E-state index contributed by atoms with van der Waals surface area (Å²) in [5, 5.41) is 8.32. The van der Waals surface area contributed by atoms with Crippen LogP contribution in [0.3, 0.4) is 0 Å². The number of hydrogen-bond acceptors (Lipinski definition) is 4. The minimum atomic E-state index is -1.21. The Kier molecular flexibility index (Phi) is 3.68. The molecule has 0 saturated heterocycles. The second-order valence-electron chi connectivity index (χ2n) is 2.71. The average molecular weight is 274 g/mol. The van der Waals surface area contributed by atoms with Crippen molar-refractivity contribution in [3.05, 3.63) is 28.2 Å². The van der Waals surface area contributed by atoms with E-state index in [9.17, 15) is 9.59 Å². The highest BCUT2D eigenvalue weighted by Crippen LogP contribution is 2.20.